The maximum atomic E-state index is 11.4. The van der Waals surface area contributed by atoms with Gasteiger partial charge in [0.1, 0.15) is 0 Å². The Morgan fingerprint density at radius 1 is 1.25 bits per heavy atom. The molecule has 0 radical (unpaired) electrons. The number of nitrogens with one attached hydrogen (secondary N) is 2. The van der Waals surface area contributed by atoms with Gasteiger partial charge in [0.15, 0.2) is 0 Å². The van der Waals surface area contributed by atoms with Gasteiger partial charge in [0.2, 0.25) is 11.8 Å². The number of carbonyl (C=O) groups is 2. The van der Waals surface area contributed by atoms with Gasteiger partial charge in [0.05, 0.1) is 13.1 Å². The first-order valence-electron chi connectivity index (χ1n) is 6.57. The molecule has 1 unspecified atom stereocenters. The maximum Gasteiger partial charge on any atom is 0.239 e. The van der Waals surface area contributed by atoms with Gasteiger partial charge in [-0.3, -0.25) is 9.59 Å². The van der Waals surface area contributed by atoms with Crippen LogP contribution in [0.4, 0.5) is 0 Å². The first-order valence-corrected chi connectivity index (χ1v) is 6.57. The predicted octanol–water partition coefficient (Wildman–Crippen LogP) is -0.247. The van der Waals surface area contributed by atoms with Gasteiger partial charge in [0, 0.05) is 19.6 Å². The van der Waals surface area contributed by atoms with E-state index in [2.05, 4.69) is 22.5 Å². The van der Waals surface area contributed by atoms with Crippen molar-refractivity contribution in [3.63, 3.8) is 0 Å². The number of amides is 2. The normalized spacial score (nSPS) is 18.4. The summed E-state index contributed by atoms with van der Waals surface area (Å²) < 4.78 is 0. The summed E-state index contributed by atoms with van der Waals surface area (Å²) in [5.41, 5.74) is 5.12. The summed E-state index contributed by atoms with van der Waals surface area (Å²) in [6.45, 7) is 5.91. The lowest BCUT2D eigenvalue weighted by molar-refractivity contribution is -0.125. The number of halogens is 2. The van der Waals surface area contributed by atoms with E-state index in [1.54, 1.807) is 0 Å². The highest BCUT2D eigenvalue weighted by Crippen LogP contribution is 2.14. The SMILES string of the molecule is CC1CCCN(CCNC(=O)CNC(=O)CN)C1.Cl.Cl. The van der Waals surface area contributed by atoms with E-state index in [0.717, 1.165) is 25.6 Å². The van der Waals surface area contributed by atoms with Crippen LogP contribution >= 0.6 is 24.8 Å². The summed E-state index contributed by atoms with van der Waals surface area (Å²) in [7, 11) is 0. The highest BCUT2D eigenvalue weighted by Gasteiger charge is 2.15. The minimum atomic E-state index is -0.310. The Balaban J connectivity index is 0. The van der Waals surface area contributed by atoms with Crippen molar-refractivity contribution in [1.82, 2.24) is 15.5 Å². The molecule has 1 atom stereocenters. The molecule has 0 aromatic heterocycles. The third kappa shape index (κ3) is 9.36. The minimum Gasteiger partial charge on any atom is -0.353 e. The van der Waals surface area contributed by atoms with Crippen LogP contribution in [0, 0.1) is 5.92 Å². The molecular weight excluding hydrogens is 303 g/mol. The zero-order valence-electron chi connectivity index (χ0n) is 11.9. The van der Waals surface area contributed by atoms with E-state index in [1.165, 1.54) is 12.8 Å². The average Bonchev–Trinajstić information content (AvgIpc) is 2.36. The molecule has 1 saturated heterocycles. The predicted molar refractivity (Wildman–Crippen MR) is 84.4 cm³/mol. The Kier molecular flexibility index (Phi) is 13.3. The van der Waals surface area contributed by atoms with Crippen molar-refractivity contribution >= 4 is 36.6 Å². The van der Waals surface area contributed by atoms with E-state index in [-0.39, 0.29) is 49.7 Å². The summed E-state index contributed by atoms with van der Waals surface area (Å²) >= 11 is 0. The standard InChI is InChI=1S/C12H24N4O2.2ClH/c1-10-3-2-5-16(9-10)6-4-14-12(18)8-15-11(17)7-13;;/h10H,2-9,13H2,1H3,(H,14,18)(H,15,17);2*1H. The molecule has 2 amide bonds. The molecule has 0 saturated carbocycles. The number of hydrogen-bond donors (Lipinski definition) is 3. The van der Waals surface area contributed by atoms with E-state index in [4.69, 9.17) is 5.73 Å². The van der Waals surface area contributed by atoms with Crippen LogP contribution < -0.4 is 16.4 Å². The fraction of sp³-hybridized carbons (Fsp3) is 0.833. The lowest BCUT2D eigenvalue weighted by Crippen LogP contribution is -2.43. The molecule has 4 N–H and O–H groups in total. The fourth-order valence-electron chi connectivity index (χ4n) is 2.16. The van der Waals surface area contributed by atoms with Crippen LogP contribution in [0.2, 0.25) is 0 Å². The lowest BCUT2D eigenvalue weighted by atomic mass is 10.0. The molecule has 1 heterocycles. The van der Waals surface area contributed by atoms with Crippen molar-refractivity contribution in [1.29, 1.82) is 0 Å². The van der Waals surface area contributed by atoms with Crippen molar-refractivity contribution in [3.05, 3.63) is 0 Å². The van der Waals surface area contributed by atoms with Gasteiger partial charge in [-0.15, -0.1) is 24.8 Å². The van der Waals surface area contributed by atoms with Crippen LogP contribution in [-0.4, -0.2) is 56.0 Å². The highest BCUT2D eigenvalue weighted by atomic mass is 35.5. The number of rotatable bonds is 6. The second kappa shape index (κ2) is 12.2. The first-order chi connectivity index (χ1) is 8.61. The van der Waals surface area contributed by atoms with E-state index in [1.807, 2.05) is 0 Å². The molecular formula is C12H26Cl2N4O2. The molecule has 1 aliphatic heterocycles. The third-order valence-corrected chi connectivity index (χ3v) is 3.12. The number of nitrogens with zero attached hydrogens (tertiary/aromatic N) is 1. The average molecular weight is 329 g/mol. The van der Waals surface area contributed by atoms with E-state index in [0.29, 0.717) is 6.54 Å². The van der Waals surface area contributed by atoms with Gasteiger partial charge < -0.3 is 21.3 Å². The highest BCUT2D eigenvalue weighted by molar-refractivity contribution is 5.86. The number of carbonyl (C=O) groups excluding carboxylic acids is 2. The minimum absolute atomic E-state index is 0. The molecule has 120 valence electrons. The van der Waals surface area contributed by atoms with E-state index < -0.39 is 0 Å². The van der Waals surface area contributed by atoms with Gasteiger partial charge >= 0.3 is 0 Å². The molecule has 1 aliphatic rings. The second-order valence-electron chi connectivity index (χ2n) is 4.88. The van der Waals surface area contributed by atoms with Crippen molar-refractivity contribution in [2.75, 3.05) is 39.3 Å². The van der Waals surface area contributed by atoms with E-state index in [9.17, 15) is 9.59 Å². The Morgan fingerprint density at radius 2 is 1.95 bits per heavy atom. The van der Waals surface area contributed by atoms with Crippen molar-refractivity contribution in [2.45, 2.75) is 19.8 Å². The molecule has 1 fully saturated rings. The summed E-state index contributed by atoms with van der Waals surface area (Å²) in [6, 6.07) is 0. The number of likely N-dealkylation sites (tertiary alicyclic amines) is 1. The van der Waals surface area contributed by atoms with Crippen LogP contribution in [-0.2, 0) is 9.59 Å². The molecule has 20 heavy (non-hydrogen) atoms. The fourth-order valence-corrected chi connectivity index (χ4v) is 2.16. The number of hydrogen-bond acceptors (Lipinski definition) is 4. The van der Waals surface area contributed by atoms with Crippen molar-refractivity contribution < 1.29 is 9.59 Å². The molecule has 0 aromatic carbocycles. The smallest absolute Gasteiger partial charge is 0.239 e. The summed E-state index contributed by atoms with van der Waals surface area (Å²) in [5, 5.41) is 5.23. The van der Waals surface area contributed by atoms with Crippen LogP contribution in [0.3, 0.4) is 0 Å². The van der Waals surface area contributed by atoms with Crippen LogP contribution in [0.5, 0.6) is 0 Å². The topological polar surface area (TPSA) is 87.5 Å². The Labute approximate surface area is 133 Å². The lowest BCUT2D eigenvalue weighted by Gasteiger charge is -2.30. The Morgan fingerprint density at radius 3 is 2.55 bits per heavy atom. The van der Waals surface area contributed by atoms with Gasteiger partial charge in [-0.2, -0.15) is 0 Å². The quantitative estimate of drug-likeness (QED) is 0.627. The first kappa shape index (κ1) is 21.7. The van der Waals surface area contributed by atoms with Gasteiger partial charge in [-0.1, -0.05) is 6.92 Å². The molecule has 1 rings (SSSR count). The third-order valence-electron chi connectivity index (χ3n) is 3.12. The largest absolute Gasteiger partial charge is 0.353 e. The zero-order chi connectivity index (χ0) is 13.4. The maximum absolute atomic E-state index is 11.4. The van der Waals surface area contributed by atoms with Crippen LogP contribution in [0.1, 0.15) is 19.8 Å². The molecule has 0 aromatic rings. The van der Waals surface area contributed by atoms with Crippen LogP contribution in [0.15, 0.2) is 0 Å². The molecule has 0 bridgehead atoms. The zero-order valence-corrected chi connectivity index (χ0v) is 13.5. The Bertz CT molecular complexity index is 293. The van der Waals surface area contributed by atoms with Gasteiger partial charge in [0.25, 0.3) is 0 Å². The summed E-state index contributed by atoms with van der Waals surface area (Å²) in [6.07, 6.45) is 2.54. The van der Waals surface area contributed by atoms with Crippen molar-refractivity contribution in [2.24, 2.45) is 11.7 Å². The van der Waals surface area contributed by atoms with Gasteiger partial charge in [-0.05, 0) is 25.3 Å². The molecule has 8 heteroatoms. The van der Waals surface area contributed by atoms with E-state index >= 15 is 0 Å². The summed E-state index contributed by atoms with van der Waals surface area (Å²) in [4.78, 5) is 24.6. The number of nitrogens with two attached hydrogens (primary N) is 1. The molecule has 6 nitrogen and oxygen atoms in total. The van der Waals surface area contributed by atoms with Crippen molar-refractivity contribution in [3.8, 4) is 0 Å². The molecule has 0 spiro atoms. The monoisotopic (exact) mass is 328 g/mol. The second-order valence-corrected chi connectivity index (χ2v) is 4.88. The number of piperidine rings is 1. The van der Waals surface area contributed by atoms with Crippen LogP contribution in [0.25, 0.3) is 0 Å². The Hall–Kier alpha value is -0.560. The van der Waals surface area contributed by atoms with Gasteiger partial charge in [-0.25, -0.2) is 0 Å². The molecule has 0 aliphatic carbocycles. The summed E-state index contributed by atoms with van der Waals surface area (Å²) in [5.74, 6) is 0.273.